The number of anilines is 2. The molecule has 0 aliphatic heterocycles. The molecule has 2 heterocycles. The fraction of sp³-hybridized carbons (Fsp3) is 0.138. The molecule has 0 saturated heterocycles. The molecule has 1 amide bonds. The van der Waals surface area contributed by atoms with Crippen LogP contribution in [0.3, 0.4) is 0 Å². The van der Waals surface area contributed by atoms with Crippen molar-refractivity contribution in [3.63, 3.8) is 0 Å². The second kappa shape index (κ2) is 10.4. The van der Waals surface area contributed by atoms with Gasteiger partial charge in [0.05, 0.1) is 17.3 Å². The van der Waals surface area contributed by atoms with Gasteiger partial charge in [0.1, 0.15) is 17.9 Å². The highest BCUT2D eigenvalue weighted by Crippen LogP contribution is 2.41. The number of fused-ring (bicyclic) bond motifs is 1. The number of hydrogen-bond acceptors (Lipinski definition) is 5. The second-order valence-electron chi connectivity index (χ2n) is 8.62. The molecule has 38 heavy (non-hydrogen) atoms. The van der Waals surface area contributed by atoms with E-state index in [9.17, 15) is 9.59 Å². The van der Waals surface area contributed by atoms with Crippen LogP contribution in [0.2, 0.25) is 5.02 Å². The molecule has 0 unspecified atom stereocenters. The van der Waals surface area contributed by atoms with Crippen molar-refractivity contribution < 1.29 is 24.0 Å². The second-order valence-corrected chi connectivity index (χ2v) is 9.03. The number of amides is 1. The van der Waals surface area contributed by atoms with E-state index in [-0.39, 0.29) is 13.2 Å². The molecule has 9 heteroatoms. The fourth-order valence-electron chi connectivity index (χ4n) is 4.45. The first-order valence-electron chi connectivity index (χ1n) is 12.0. The zero-order valence-corrected chi connectivity index (χ0v) is 21.5. The van der Waals surface area contributed by atoms with Crippen molar-refractivity contribution >= 4 is 45.9 Å². The largest absolute Gasteiger partial charge is 0.480 e. The van der Waals surface area contributed by atoms with Gasteiger partial charge in [-0.2, -0.15) is 0 Å². The fourth-order valence-corrected chi connectivity index (χ4v) is 4.67. The molecule has 5 rings (SSSR count). The predicted octanol–water partition coefficient (Wildman–Crippen LogP) is 7.30. The summed E-state index contributed by atoms with van der Waals surface area (Å²) in [4.78, 5) is 25.7. The van der Waals surface area contributed by atoms with Gasteiger partial charge >= 0.3 is 12.1 Å². The van der Waals surface area contributed by atoms with E-state index in [1.807, 2.05) is 48.5 Å². The molecular weight excluding hydrogens is 506 g/mol. The Morgan fingerprint density at radius 2 is 1.79 bits per heavy atom. The number of rotatable bonds is 7. The number of hydrogen-bond donors (Lipinski definition) is 1. The van der Waals surface area contributed by atoms with Crippen molar-refractivity contribution in [2.45, 2.75) is 20.4 Å². The molecular formula is C29H24ClN3O5. The minimum atomic E-state index is -0.897. The maximum Gasteiger partial charge on any atom is 0.419 e. The summed E-state index contributed by atoms with van der Waals surface area (Å²) in [5, 5.41) is 14.6. The number of carboxylic acid groups (broad SMARTS) is 1. The first-order valence-corrected chi connectivity index (χ1v) is 12.3. The molecule has 0 atom stereocenters. The summed E-state index contributed by atoms with van der Waals surface area (Å²) in [6.07, 6.45) is 1.17. The summed E-state index contributed by atoms with van der Waals surface area (Å²) in [7, 11) is 0. The minimum absolute atomic E-state index is 0.103. The number of ether oxygens (including phenoxy) is 1. The van der Waals surface area contributed by atoms with E-state index in [0.29, 0.717) is 33.4 Å². The Hall–Kier alpha value is -4.56. The number of aliphatic carboxylic acids is 1. The highest BCUT2D eigenvalue weighted by Gasteiger charge is 2.30. The SMILES string of the molecule is CCOC(=O)N(c1ccccc1Cl)c1c(C)noc1-c1cccc(-c2ccc3c(ccn3CC(=O)O)c2)c1. The maximum atomic E-state index is 13.1. The van der Waals surface area contributed by atoms with Gasteiger partial charge in [0.25, 0.3) is 0 Å². The van der Waals surface area contributed by atoms with Crippen LogP contribution in [-0.4, -0.2) is 33.5 Å². The smallest absolute Gasteiger partial charge is 0.419 e. The van der Waals surface area contributed by atoms with E-state index < -0.39 is 12.1 Å². The van der Waals surface area contributed by atoms with E-state index >= 15 is 0 Å². The first-order chi connectivity index (χ1) is 18.4. The molecule has 0 aliphatic carbocycles. The molecule has 3 aromatic carbocycles. The third-order valence-corrected chi connectivity index (χ3v) is 6.45. The van der Waals surface area contributed by atoms with Gasteiger partial charge in [0.2, 0.25) is 0 Å². The normalized spacial score (nSPS) is 11.0. The zero-order chi connectivity index (χ0) is 26.8. The lowest BCUT2D eigenvalue weighted by Crippen LogP contribution is -2.27. The molecule has 0 saturated carbocycles. The third kappa shape index (κ3) is 4.73. The molecule has 2 aromatic heterocycles. The molecule has 0 fully saturated rings. The van der Waals surface area contributed by atoms with Gasteiger partial charge < -0.3 is 18.9 Å². The number of para-hydroxylation sites is 1. The Labute approximate surface area is 223 Å². The topological polar surface area (TPSA) is 97.8 Å². The minimum Gasteiger partial charge on any atom is -0.480 e. The lowest BCUT2D eigenvalue weighted by atomic mass is 10.00. The van der Waals surface area contributed by atoms with Crippen LogP contribution in [0.4, 0.5) is 16.2 Å². The van der Waals surface area contributed by atoms with Gasteiger partial charge in [0.15, 0.2) is 5.76 Å². The number of halogens is 1. The number of aromatic nitrogens is 2. The number of carboxylic acids is 1. The van der Waals surface area contributed by atoms with E-state index in [4.69, 9.17) is 26.0 Å². The lowest BCUT2D eigenvalue weighted by molar-refractivity contribution is -0.137. The number of nitrogens with zero attached hydrogens (tertiary/aromatic N) is 3. The highest BCUT2D eigenvalue weighted by atomic mass is 35.5. The molecule has 0 spiro atoms. The number of aryl methyl sites for hydroxylation is 1. The van der Waals surface area contributed by atoms with Gasteiger partial charge in [-0.15, -0.1) is 0 Å². The summed E-state index contributed by atoms with van der Waals surface area (Å²) < 4.78 is 12.8. The van der Waals surface area contributed by atoms with Crippen molar-refractivity contribution in [2.24, 2.45) is 0 Å². The zero-order valence-electron chi connectivity index (χ0n) is 20.7. The van der Waals surface area contributed by atoms with Crippen LogP contribution in [0.15, 0.2) is 83.5 Å². The Bertz CT molecular complexity index is 1660. The van der Waals surface area contributed by atoms with Gasteiger partial charge in [-0.05, 0) is 61.4 Å². The Morgan fingerprint density at radius 3 is 2.55 bits per heavy atom. The predicted molar refractivity (Wildman–Crippen MR) is 146 cm³/mol. The summed E-state index contributed by atoms with van der Waals surface area (Å²) >= 11 is 6.48. The van der Waals surface area contributed by atoms with E-state index in [1.165, 1.54) is 4.90 Å². The Morgan fingerprint density at radius 1 is 1.03 bits per heavy atom. The number of carbonyl (C=O) groups is 2. The average molecular weight is 530 g/mol. The Kier molecular flexibility index (Phi) is 6.89. The average Bonchev–Trinajstić information content (AvgIpc) is 3.48. The van der Waals surface area contributed by atoms with Crippen LogP contribution >= 0.6 is 11.6 Å². The lowest BCUT2D eigenvalue weighted by Gasteiger charge is -2.23. The van der Waals surface area contributed by atoms with Crippen molar-refractivity contribution in [1.29, 1.82) is 0 Å². The van der Waals surface area contributed by atoms with Gasteiger partial charge in [0, 0.05) is 22.7 Å². The quantitative estimate of drug-likeness (QED) is 0.237. The molecule has 8 nitrogen and oxygen atoms in total. The maximum absolute atomic E-state index is 13.1. The monoisotopic (exact) mass is 529 g/mol. The highest BCUT2D eigenvalue weighted by molar-refractivity contribution is 6.34. The third-order valence-electron chi connectivity index (χ3n) is 6.13. The molecule has 0 bridgehead atoms. The summed E-state index contributed by atoms with van der Waals surface area (Å²) in [6.45, 7) is 3.57. The van der Waals surface area contributed by atoms with Gasteiger partial charge in [-0.1, -0.05) is 53.2 Å². The summed E-state index contributed by atoms with van der Waals surface area (Å²) in [5.74, 6) is -0.503. The van der Waals surface area contributed by atoms with Crippen molar-refractivity contribution in [1.82, 2.24) is 9.72 Å². The van der Waals surface area contributed by atoms with Crippen LogP contribution in [0.5, 0.6) is 0 Å². The van der Waals surface area contributed by atoms with Crippen LogP contribution in [0, 0.1) is 6.92 Å². The van der Waals surface area contributed by atoms with Gasteiger partial charge in [-0.25, -0.2) is 9.69 Å². The van der Waals surface area contributed by atoms with Crippen molar-refractivity contribution in [3.05, 3.63) is 89.7 Å². The Balaban J connectivity index is 1.58. The number of benzene rings is 3. The van der Waals surface area contributed by atoms with Crippen molar-refractivity contribution in [2.75, 3.05) is 11.5 Å². The molecule has 5 aromatic rings. The summed E-state index contributed by atoms with van der Waals surface area (Å²) in [5.41, 5.74) is 4.80. The molecule has 0 aliphatic rings. The van der Waals surface area contributed by atoms with E-state index in [0.717, 1.165) is 22.0 Å². The standard InChI is InChI=1S/C29H24ClN3O5/c1-3-37-29(36)33(25-10-5-4-9-23(25)30)27-18(2)31-38-28(27)22-8-6-7-19(16-22)20-11-12-24-21(15-20)13-14-32(24)17-26(34)35/h4-16H,3,17H2,1-2H3,(H,34,35). The van der Waals surface area contributed by atoms with E-state index in [2.05, 4.69) is 5.16 Å². The van der Waals surface area contributed by atoms with Gasteiger partial charge in [-0.3, -0.25) is 4.79 Å². The summed E-state index contributed by atoms with van der Waals surface area (Å²) in [6, 6.07) is 22.5. The molecule has 1 N–H and O–H groups in total. The van der Waals surface area contributed by atoms with Crippen LogP contribution < -0.4 is 4.90 Å². The number of carbonyl (C=O) groups excluding carboxylic acids is 1. The molecule has 192 valence electrons. The van der Waals surface area contributed by atoms with Crippen LogP contribution in [0.25, 0.3) is 33.4 Å². The van der Waals surface area contributed by atoms with Crippen molar-refractivity contribution in [3.8, 4) is 22.5 Å². The van der Waals surface area contributed by atoms with Crippen LogP contribution in [0.1, 0.15) is 12.6 Å². The van der Waals surface area contributed by atoms with E-state index in [1.54, 1.807) is 48.9 Å². The molecule has 0 radical (unpaired) electrons. The van der Waals surface area contributed by atoms with Crippen LogP contribution in [-0.2, 0) is 16.1 Å². The first kappa shape index (κ1) is 25.1.